The Bertz CT molecular complexity index is 98.5. The van der Waals surface area contributed by atoms with Crippen molar-refractivity contribution in [1.29, 1.82) is 0 Å². The van der Waals surface area contributed by atoms with Crippen LogP contribution in [0.25, 0.3) is 0 Å². The molecule has 0 aromatic heterocycles. The van der Waals surface area contributed by atoms with E-state index in [1.807, 2.05) is 0 Å². The fourth-order valence-corrected chi connectivity index (χ4v) is 0. The van der Waals surface area contributed by atoms with Crippen LogP contribution in [0, 0.1) is 0 Å². The molecule has 0 aliphatic carbocycles. The summed E-state index contributed by atoms with van der Waals surface area (Å²) in [4.78, 5) is 22.5. The monoisotopic (exact) mass is 268 g/mol. The first kappa shape index (κ1) is 59.9. The minimum absolute atomic E-state index is 0. The van der Waals surface area contributed by atoms with E-state index in [1.165, 1.54) is 0 Å². The van der Waals surface area contributed by atoms with E-state index >= 15 is 0 Å². The van der Waals surface area contributed by atoms with Crippen LogP contribution in [0.15, 0.2) is 0 Å². The zero-order valence-electron chi connectivity index (χ0n) is 7.55. The van der Waals surface area contributed by atoms with Gasteiger partial charge in [-0.2, -0.15) is 0 Å². The van der Waals surface area contributed by atoms with Crippen molar-refractivity contribution in [2.45, 2.75) is 0 Å². The molecular formula is C2H12MgO13. The maximum absolute atomic E-state index is 8.83. The molecule has 0 fully saturated rings. The van der Waals surface area contributed by atoms with E-state index < -0.39 is 12.3 Å². The summed E-state index contributed by atoms with van der Waals surface area (Å²) in [7, 11) is 0. The van der Waals surface area contributed by atoms with Crippen molar-refractivity contribution in [3.63, 3.8) is 0 Å². The normalized spacial score (nSPS) is 4.12. The van der Waals surface area contributed by atoms with Gasteiger partial charge in [-0.3, -0.25) is 0 Å². The first-order chi connectivity index (χ1) is 4.54. The van der Waals surface area contributed by atoms with Crippen LogP contribution in [0.2, 0.25) is 0 Å². The van der Waals surface area contributed by atoms with Crippen molar-refractivity contribution < 1.29 is 67.5 Å². The van der Waals surface area contributed by atoms with Crippen molar-refractivity contribution >= 4 is 35.4 Å². The van der Waals surface area contributed by atoms with Gasteiger partial charge in [-0.15, -0.1) is 0 Å². The van der Waals surface area contributed by atoms with E-state index in [9.17, 15) is 0 Å². The van der Waals surface area contributed by atoms with Gasteiger partial charge >= 0.3 is 35.4 Å². The van der Waals surface area contributed by atoms with Crippen molar-refractivity contribution in [1.82, 2.24) is 0 Å². The average Bonchev–Trinajstić information content (AvgIpc) is 1.89. The molecule has 13 nitrogen and oxygen atoms in total. The molecule has 0 aromatic carbocycles. The Labute approximate surface area is 103 Å². The third kappa shape index (κ3) is 206. The second kappa shape index (κ2) is 48.2. The smallest absolute Gasteiger partial charge is 0.659 e. The summed E-state index contributed by atoms with van der Waals surface area (Å²) >= 11 is 0. The van der Waals surface area contributed by atoms with Crippen LogP contribution in [0.1, 0.15) is 0 Å². The first-order valence-electron chi connectivity index (χ1n) is 1.60. The molecule has 0 aliphatic rings. The second-order valence-corrected chi connectivity index (χ2v) is 0.698. The first-order valence-corrected chi connectivity index (χ1v) is 1.60. The molecule has 0 bridgehead atoms. The zero-order chi connectivity index (χ0) is 8.57. The predicted octanol–water partition coefficient (Wildman–Crippen LogP) is -6.59. The maximum Gasteiger partial charge on any atom is 2.00 e. The van der Waals surface area contributed by atoms with Gasteiger partial charge in [0, 0.05) is 0 Å². The number of hydrogen-bond donors (Lipinski definition) is 2. The predicted molar refractivity (Wildman–Crippen MR) is 42.0 cm³/mol. The van der Waals surface area contributed by atoms with Crippen LogP contribution in [-0.2, 0) is 9.78 Å². The van der Waals surface area contributed by atoms with Gasteiger partial charge in [-0.1, -0.05) is 0 Å². The minimum Gasteiger partial charge on any atom is -0.659 e. The fraction of sp³-hybridized carbons (Fsp3) is 0. The molecule has 0 rings (SSSR count). The molecule has 0 radical (unpaired) electrons. The molecule has 0 spiro atoms. The Morgan fingerprint density at radius 2 is 0.812 bits per heavy atom. The van der Waals surface area contributed by atoms with E-state index in [1.54, 1.807) is 0 Å². The molecule has 0 unspecified atom stereocenters. The molecule has 0 amide bonds. The summed E-state index contributed by atoms with van der Waals surface area (Å²) in [6, 6.07) is 0. The number of hydrogen-bond acceptors (Lipinski definition) is 6. The molecule has 12 N–H and O–H groups in total. The Balaban J connectivity index is -0.00000000970. The second-order valence-electron chi connectivity index (χ2n) is 0.698. The Kier molecular flexibility index (Phi) is 180. The summed E-state index contributed by atoms with van der Waals surface area (Å²) < 4.78 is 0. The van der Waals surface area contributed by atoms with Crippen molar-refractivity contribution in [3.8, 4) is 0 Å². The molecule has 0 aliphatic heterocycles. The quantitative estimate of drug-likeness (QED) is 0.241. The van der Waals surface area contributed by atoms with Gasteiger partial charge in [-0.25, -0.2) is 9.59 Å². The molecular weight excluding hydrogens is 256 g/mol. The van der Waals surface area contributed by atoms with E-state index in [0.29, 0.717) is 0 Å². The van der Waals surface area contributed by atoms with Crippen molar-refractivity contribution in [2.75, 3.05) is 0 Å². The van der Waals surface area contributed by atoms with Gasteiger partial charge in [0.1, 0.15) is 0 Å². The van der Waals surface area contributed by atoms with Gasteiger partial charge in [0.2, 0.25) is 0 Å². The zero-order valence-corrected chi connectivity index (χ0v) is 8.97. The van der Waals surface area contributed by atoms with Crippen molar-refractivity contribution in [3.05, 3.63) is 0 Å². The third-order valence-electron chi connectivity index (χ3n) is 0.143. The Hall–Kier alpha value is -0.974. The third-order valence-corrected chi connectivity index (χ3v) is 0.143. The van der Waals surface area contributed by atoms with Crippen LogP contribution in [-0.4, -0.2) is 73.0 Å². The van der Waals surface area contributed by atoms with Crippen LogP contribution in [0.3, 0.4) is 0 Å². The van der Waals surface area contributed by atoms with Gasteiger partial charge in [0.05, 0.1) is 0 Å². The summed E-state index contributed by atoms with van der Waals surface area (Å²) in [6.45, 7) is 0. The average molecular weight is 268 g/mol. The SMILES string of the molecule is O.O.O.O.O.O=C(O)O[O-].O=C(O)O[O-].[Mg+2]. The number of carboxylic acid groups (broad SMARTS) is 2. The molecule has 0 heterocycles. The Morgan fingerprint density at radius 1 is 0.750 bits per heavy atom. The molecule has 0 saturated carbocycles. The summed E-state index contributed by atoms with van der Waals surface area (Å²) in [5.41, 5.74) is 0. The van der Waals surface area contributed by atoms with Crippen LogP contribution >= 0.6 is 0 Å². The van der Waals surface area contributed by atoms with Crippen LogP contribution < -0.4 is 10.5 Å². The van der Waals surface area contributed by atoms with E-state index in [0.717, 1.165) is 0 Å². The van der Waals surface area contributed by atoms with Gasteiger partial charge < -0.3 is 57.9 Å². The number of carbonyl (C=O) groups is 2. The molecule has 14 heteroatoms. The molecule has 0 atom stereocenters. The van der Waals surface area contributed by atoms with Gasteiger partial charge in [-0.05, 0) is 0 Å². The van der Waals surface area contributed by atoms with E-state index in [2.05, 4.69) is 9.78 Å². The summed E-state index contributed by atoms with van der Waals surface area (Å²) in [5, 5.41) is 31.4. The Morgan fingerprint density at radius 3 is 0.812 bits per heavy atom. The van der Waals surface area contributed by atoms with E-state index in [4.69, 9.17) is 30.3 Å². The van der Waals surface area contributed by atoms with Crippen molar-refractivity contribution in [2.24, 2.45) is 0 Å². The maximum atomic E-state index is 8.83. The van der Waals surface area contributed by atoms with Crippen LogP contribution in [0.5, 0.6) is 0 Å². The molecule has 0 aromatic rings. The topological polar surface area (TPSA) is 297 Å². The largest absolute Gasteiger partial charge is 2.00 e. The van der Waals surface area contributed by atoms with Crippen LogP contribution in [0.4, 0.5) is 9.59 Å². The molecule has 0 saturated heterocycles. The standard InChI is InChI=1S/2CH2O4.Mg.5H2O/c2*2-1(3)5-4;;;;;;/h2*4H,(H,2,3);;5*1H2/q;;+2;;;;;/p-2. The fourth-order valence-electron chi connectivity index (χ4n) is 0. The van der Waals surface area contributed by atoms with Gasteiger partial charge in [0.15, 0.2) is 0 Å². The summed E-state index contributed by atoms with van der Waals surface area (Å²) in [5.74, 6) is 0. The van der Waals surface area contributed by atoms with Gasteiger partial charge in [0.25, 0.3) is 0 Å². The van der Waals surface area contributed by atoms with E-state index in [-0.39, 0.29) is 50.4 Å². The minimum atomic E-state index is -1.80. The molecule has 16 heavy (non-hydrogen) atoms. The number of rotatable bonds is 0. The molecule has 100 valence electrons. The summed E-state index contributed by atoms with van der Waals surface area (Å²) in [6.07, 6.45) is -3.60.